The summed E-state index contributed by atoms with van der Waals surface area (Å²) >= 11 is 12.5. The monoisotopic (exact) mass is 603 g/mol. The number of halogens is 2. The molecule has 0 unspecified atom stereocenters. The zero-order valence-electron chi connectivity index (χ0n) is 23.1. The van der Waals surface area contributed by atoms with E-state index in [9.17, 15) is 18.0 Å². The molecular formula is C30H35Cl2N3O4S. The van der Waals surface area contributed by atoms with E-state index in [1.54, 1.807) is 0 Å². The predicted molar refractivity (Wildman–Crippen MR) is 162 cm³/mol. The summed E-state index contributed by atoms with van der Waals surface area (Å²) in [5, 5.41) is 3.41. The summed E-state index contributed by atoms with van der Waals surface area (Å²) in [4.78, 5) is 29.2. The maximum absolute atomic E-state index is 14.1. The summed E-state index contributed by atoms with van der Waals surface area (Å²) in [5.74, 6) is -0.868. The average molecular weight is 605 g/mol. The van der Waals surface area contributed by atoms with Gasteiger partial charge < -0.3 is 10.2 Å². The van der Waals surface area contributed by atoms with E-state index in [0.29, 0.717) is 6.42 Å². The van der Waals surface area contributed by atoms with Crippen LogP contribution in [0.1, 0.15) is 37.0 Å². The van der Waals surface area contributed by atoms with Crippen molar-refractivity contribution < 1.29 is 18.0 Å². The van der Waals surface area contributed by atoms with Crippen LogP contribution in [0.4, 0.5) is 5.69 Å². The first-order valence-corrected chi connectivity index (χ1v) is 15.6. The third kappa shape index (κ3) is 8.71. The zero-order chi connectivity index (χ0) is 29.4. The standard InChI is InChI=1S/C30H35Cl2N3O4S/c1-5-22(3)33-30(37)28(17-23-9-7-6-8-10-23)34(19-24-13-11-21(2)12-14-24)29(36)20-35(40(4,38)39)27-18-25(31)15-16-26(27)32/h6-16,18,22,28H,5,17,19-20H2,1-4H3,(H,33,37)/t22-,28-/m0/s1. The van der Waals surface area contributed by atoms with Gasteiger partial charge in [0.25, 0.3) is 0 Å². The molecule has 0 bridgehead atoms. The van der Waals surface area contributed by atoms with Crippen LogP contribution in [-0.4, -0.2) is 50.0 Å². The Morgan fingerprint density at radius 2 is 1.60 bits per heavy atom. The van der Waals surface area contributed by atoms with Crippen molar-refractivity contribution in [2.45, 2.75) is 52.2 Å². The molecule has 3 aromatic rings. The maximum Gasteiger partial charge on any atom is 0.244 e. The van der Waals surface area contributed by atoms with Gasteiger partial charge in [0.15, 0.2) is 0 Å². The van der Waals surface area contributed by atoms with Gasteiger partial charge in [0, 0.05) is 24.0 Å². The van der Waals surface area contributed by atoms with Crippen LogP contribution in [0.25, 0.3) is 0 Å². The Morgan fingerprint density at radius 1 is 0.950 bits per heavy atom. The molecule has 214 valence electrons. The van der Waals surface area contributed by atoms with Crippen molar-refractivity contribution in [3.8, 4) is 0 Å². The van der Waals surface area contributed by atoms with Crippen LogP contribution in [0.2, 0.25) is 10.0 Å². The molecule has 7 nitrogen and oxygen atoms in total. The van der Waals surface area contributed by atoms with E-state index in [2.05, 4.69) is 5.32 Å². The smallest absolute Gasteiger partial charge is 0.244 e. The molecule has 3 aromatic carbocycles. The Labute approximate surface area is 247 Å². The molecule has 0 heterocycles. The van der Waals surface area contributed by atoms with Crippen molar-refractivity contribution in [3.05, 3.63) is 99.5 Å². The van der Waals surface area contributed by atoms with Gasteiger partial charge >= 0.3 is 0 Å². The highest BCUT2D eigenvalue weighted by molar-refractivity contribution is 7.92. The Bertz CT molecular complexity index is 1420. The number of hydrogen-bond acceptors (Lipinski definition) is 4. The highest BCUT2D eigenvalue weighted by Gasteiger charge is 2.34. The average Bonchev–Trinajstić information content (AvgIpc) is 2.91. The van der Waals surface area contributed by atoms with Crippen LogP contribution in [0.15, 0.2) is 72.8 Å². The van der Waals surface area contributed by atoms with Gasteiger partial charge in [0.05, 0.1) is 17.0 Å². The SMILES string of the molecule is CC[C@H](C)NC(=O)[C@H](Cc1ccccc1)N(Cc1ccc(C)cc1)C(=O)CN(c1cc(Cl)ccc1Cl)S(C)(=O)=O. The third-order valence-corrected chi connectivity index (χ3v) is 8.28. The van der Waals surface area contributed by atoms with E-state index in [1.165, 1.54) is 23.1 Å². The lowest BCUT2D eigenvalue weighted by molar-refractivity contribution is -0.140. The number of rotatable bonds is 12. The van der Waals surface area contributed by atoms with Crippen molar-refractivity contribution in [1.82, 2.24) is 10.2 Å². The number of nitrogens with zero attached hydrogens (tertiary/aromatic N) is 2. The lowest BCUT2D eigenvalue weighted by atomic mass is 10.0. The molecule has 0 fully saturated rings. The molecule has 2 amide bonds. The minimum atomic E-state index is -3.95. The molecule has 3 rings (SSSR count). The number of hydrogen-bond donors (Lipinski definition) is 1. The second-order valence-corrected chi connectivity index (χ2v) is 12.6. The lowest BCUT2D eigenvalue weighted by Crippen LogP contribution is -2.54. The van der Waals surface area contributed by atoms with Crippen LogP contribution in [0.3, 0.4) is 0 Å². The van der Waals surface area contributed by atoms with Crippen LogP contribution >= 0.6 is 23.2 Å². The normalized spacial score (nSPS) is 12.8. The van der Waals surface area contributed by atoms with Crippen LogP contribution < -0.4 is 9.62 Å². The van der Waals surface area contributed by atoms with E-state index >= 15 is 0 Å². The first-order valence-electron chi connectivity index (χ1n) is 13.0. The number of anilines is 1. The van der Waals surface area contributed by atoms with Gasteiger partial charge in [-0.25, -0.2) is 8.42 Å². The molecule has 0 aliphatic carbocycles. The predicted octanol–water partition coefficient (Wildman–Crippen LogP) is 5.62. The van der Waals surface area contributed by atoms with Crippen molar-refractivity contribution in [2.75, 3.05) is 17.1 Å². The van der Waals surface area contributed by atoms with Gasteiger partial charge in [0.2, 0.25) is 21.8 Å². The van der Waals surface area contributed by atoms with Gasteiger partial charge in [-0.05, 0) is 49.6 Å². The Hall–Kier alpha value is -3.07. The molecule has 0 saturated heterocycles. The highest BCUT2D eigenvalue weighted by Crippen LogP contribution is 2.31. The molecule has 0 aliphatic heterocycles. The number of nitrogens with one attached hydrogen (secondary N) is 1. The molecule has 0 aliphatic rings. The minimum Gasteiger partial charge on any atom is -0.352 e. The fourth-order valence-corrected chi connectivity index (χ4v) is 5.45. The van der Waals surface area contributed by atoms with E-state index in [0.717, 1.165) is 27.3 Å². The Kier molecular flexibility index (Phi) is 11.0. The van der Waals surface area contributed by atoms with Gasteiger partial charge in [-0.15, -0.1) is 0 Å². The summed E-state index contributed by atoms with van der Waals surface area (Å²) < 4.78 is 26.7. The largest absolute Gasteiger partial charge is 0.352 e. The van der Waals surface area contributed by atoms with Crippen molar-refractivity contribution >= 4 is 50.7 Å². The molecule has 2 atom stereocenters. The molecule has 0 saturated carbocycles. The summed E-state index contributed by atoms with van der Waals surface area (Å²) in [6.07, 6.45) is 1.96. The van der Waals surface area contributed by atoms with E-state index < -0.39 is 28.5 Å². The minimum absolute atomic E-state index is 0.0870. The van der Waals surface area contributed by atoms with Crippen LogP contribution in [-0.2, 0) is 32.6 Å². The first-order chi connectivity index (χ1) is 18.9. The van der Waals surface area contributed by atoms with E-state index in [-0.39, 0.29) is 40.6 Å². The topological polar surface area (TPSA) is 86.8 Å². The van der Waals surface area contributed by atoms with Crippen molar-refractivity contribution in [3.63, 3.8) is 0 Å². The van der Waals surface area contributed by atoms with E-state index in [4.69, 9.17) is 23.2 Å². The molecule has 10 heteroatoms. The third-order valence-electron chi connectivity index (χ3n) is 6.60. The molecule has 40 heavy (non-hydrogen) atoms. The number of amides is 2. The fraction of sp³-hybridized carbons (Fsp3) is 0.333. The summed E-state index contributed by atoms with van der Waals surface area (Å²) in [6.45, 7) is 5.36. The van der Waals surface area contributed by atoms with Gasteiger partial charge in [0.1, 0.15) is 12.6 Å². The van der Waals surface area contributed by atoms with Gasteiger partial charge in [-0.2, -0.15) is 0 Å². The Morgan fingerprint density at radius 3 is 2.20 bits per heavy atom. The second-order valence-electron chi connectivity index (χ2n) is 9.90. The summed E-state index contributed by atoms with van der Waals surface area (Å²) in [7, 11) is -3.95. The second kappa shape index (κ2) is 14.0. The van der Waals surface area contributed by atoms with E-state index in [1.807, 2.05) is 75.4 Å². The quantitative estimate of drug-likeness (QED) is 0.291. The molecule has 0 radical (unpaired) electrons. The Balaban J connectivity index is 2.08. The van der Waals surface area contributed by atoms with Gasteiger partial charge in [-0.3, -0.25) is 13.9 Å². The first kappa shape index (κ1) is 31.5. The maximum atomic E-state index is 14.1. The molecular weight excluding hydrogens is 569 g/mol. The molecule has 0 spiro atoms. The zero-order valence-corrected chi connectivity index (χ0v) is 25.4. The molecule has 0 aromatic heterocycles. The molecule has 1 N–H and O–H groups in total. The number of sulfonamides is 1. The van der Waals surface area contributed by atoms with Crippen LogP contribution in [0, 0.1) is 6.92 Å². The van der Waals surface area contributed by atoms with Gasteiger partial charge in [-0.1, -0.05) is 90.3 Å². The van der Waals surface area contributed by atoms with Crippen molar-refractivity contribution in [1.29, 1.82) is 0 Å². The number of aryl methyl sites for hydroxylation is 1. The van der Waals surface area contributed by atoms with Crippen molar-refractivity contribution in [2.24, 2.45) is 0 Å². The number of benzene rings is 3. The fourth-order valence-electron chi connectivity index (χ4n) is 4.16. The highest BCUT2D eigenvalue weighted by atomic mass is 35.5. The van der Waals surface area contributed by atoms with Crippen LogP contribution in [0.5, 0.6) is 0 Å². The summed E-state index contributed by atoms with van der Waals surface area (Å²) in [6, 6.07) is 20.5. The lowest BCUT2D eigenvalue weighted by Gasteiger charge is -2.34. The number of carbonyl (C=O) groups excluding carboxylic acids is 2. The number of carbonyl (C=O) groups is 2. The summed E-state index contributed by atoms with van der Waals surface area (Å²) in [5.41, 5.74) is 2.81.